The predicted octanol–water partition coefficient (Wildman–Crippen LogP) is 6.23. The monoisotopic (exact) mass is 509 g/mol. The first kappa shape index (κ1) is 23.7. The summed E-state index contributed by atoms with van der Waals surface area (Å²) in [6.07, 6.45) is 12.0. The SMILES string of the molecule is O=C(NC1CCCCC1)c1ccc2[nH]cc(-c3ccc(NC(=O)C45CC6CC(C4)C(=O)C(C6)C5)cc3)c2c1. The lowest BCUT2D eigenvalue weighted by Crippen LogP contribution is -2.55. The number of benzene rings is 2. The van der Waals surface area contributed by atoms with Crippen LogP contribution in [0.2, 0.25) is 0 Å². The van der Waals surface area contributed by atoms with Crippen molar-refractivity contribution in [1.29, 1.82) is 0 Å². The summed E-state index contributed by atoms with van der Waals surface area (Å²) in [5.74, 6) is 1.18. The number of H-pyrrole nitrogens is 1. The highest BCUT2D eigenvalue weighted by atomic mass is 16.2. The average Bonchev–Trinajstić information content (AvgIpc) is 3.35. The van der Waals surface area contributed by atoms with Crippen LogP contribution in [0.4, 0.5) is 5.69 Å². The first-order valence-electron chi connectivity index (χ1n) is 14.4. The number of carbonyl (C=O) groups is 3. The second kappa shape index (κ2) is 9.11. The largest absolute Gasteiger partial charge is 0.361 e. The molecule has 3 N–H and O–H groups in total. The smallest absolute Gasteiger partial charge is 0.251 e. The van der Waals surface area contributed by atoms with E-state index < -0.39 is 0 Å². The van der Waals surface area contributed by atoms with Crippen LogP contribution in [0, 0.1) is 23.2 Å². The van der Waals surface area contributed by atoms with E-state index in [9.17, 15) is 14.4 Å². The fourth-order valence-electron chi connectivity index (χ4n) is 8.04. The standard InChI is InChI=1S/C32H35N3O3/c36-29-22-12-19-13-23(29)17-32(15-19,16-22)31(38)35-25-9-6-20(7-10-25)27-18-33-28-11-8-21(14-26(27)28)30(37)34-24-4-2-1-3-5-24/h6-11,14,18-19,22-24,33H,1-5,12-13,15-17H2,(H,34,37)(H,35,38). The van der Waals surface area contributed by atoms with Gasteiger partial charge in [-0.25, -0.2) is 0 Å². The molecule has 3 aromatic rings. The minimum absolute atomic E-state index is 0.00427. The van der Waals surface area contributed by atoms with Crippen molar-refractivity contribution >= 4 is 34.2 Å². The lowest BCUT2D eigenvalue weighted by molar-refractivity contribution is -0.154. The number of Topliss-reactive ketones (excluding diaryl/α,β-unsaturated/α-hetero) is 1. The quantitative estimate of drug-likeness (QED) is 0.381. The molecule has 0 spiro atoms. The van der Waals surface area contributed by atoms with E-state index in [2.05, 4.69) is 15.6 Å². The number of carbonyl (C=O) groups excluding carboxylic acids is 3. The summed E-state index contributed by atoms with van der Waals surface area (Å²) in [6.45, 7) is 0. The molecule has 6 nitrogen and oxygen atoms in total. The number of hydrogen-bond donors (Lipinski definition) is 3. The zero-order valence-corrected chi connectivity index (χ0v) is 21.7. The summed E-state index contributed by atoms with van der Waals surface area (Å²) in [5.41, 5.74) is 4.14. The maximum atomic E-state index is 13.4. The molecule has 6 heteroatoms. The molecule has 2 atom stereocenters. The lowest BCUT2D eigenvalue weighted by atomic mass is 9.49. The summed E-state index contributed by atoms with van der Waals surface area (Å²) in [7, 11) is 0. The van der Waals surface area contributed by atoms with Crippen LogP contribution in [-0.4, -0.2) is 28.6 Å². The molecule has 5 aliphatic carbocycles. The summed E-state index contributed by atoms with van der Waals surface area (Å²) in [6, 6.07) is 14.1. The molecule has 5 fully saturated rings. The van der Waals surface area contributed by atoms with Gasteiger partial charge < -0.3 is 15.6 Å². The van der Waals surface area contributed by atoms with Crippen molar-refractivity contribution in [1.82, 2.24) is 10.3 Å². The first-order valence-corrected chi connectivity index (χ1v) is 14.4. The maximum Gasteiger partial charge on any atom is 0.251 e. The van der Waals surface area contributed by atoms with Crippen LogP contribution >= 0.6 is 0 Å². The molecule has 5 saturated carbocycles. The van der Waals surface area contributed by atoms with Gasteiger partial charge in [0.15, 0.2) is 0 Å². The van der Waals surface area contributed by atoms with E-state index in [0.717, 1.165) is 72.7 Å². The van der Waals surface area contributed by atoms with E-state index >= 15 is 0 Å². The molecule has 38 heavy (non-hydrogen) atoms. The minimum Gasteiger partial charge on any atom is -0.361 e. The fourth-order valence-corrected chi connectivity index (χ4v) is 8.04. The zero-order chi connectivity index (χ0) is 25.9. The fraction of sp³-hybridized carbons (Fsp3) is 0.469. The van der Waals surface area contributed by atoms with Gasteiger partial charge in [0.2, 0.25) is 5.91 Å². The topological polar surface area (TPSA) is 91.1 Å². The van der Waals surface area contributed by atoms with E-state index in [0.29, 0.717) is 17.3 Å². The molecule has 8 rings (SSSR count). The highest BCUT2D eigenvalue weighted by molar-refractivity contribution is 6.03. The predicted molar refractivity (Wildman–Crippen MR) is 148 cm³/mol. The number of fused-ring (bicyclic) bond motifs is 1. The molecule has 0 radical (unpaired) electrons. The van der Waals surface area contributed by atoms with Gasteiger partial charge in [-0.1, -0.05) is 31.4 Å². The molecular formula is C32H35N3O3. The summed E-state index contributed by atoms with van der Waals surface area (Å²) >= 11 is 0. The summed E-state index contributed by atoms with van der Waals surface area (Å²) in [4.78, 5) is 42.2. The van der Waals surface area contributed by atoms with Gasteiger partial charge in [0, 0.05) is 51.8 Å². The highest BCUT2D eigenvalue weighted by Crippen LogP contribution is 2.58. The van der Waals surface area contributed by atoms with E-state index in [1.165, 1.54) is 19.3 Å². The third-order valence-electron chi connectivity index (χ3n) is 9.81. The zero-order valence-electron chi connectivity index (χ0n) is 21.7. The van der Waals surface area contributed by atoms with Gasteiger partial charge >= 0.3 is 0 Å². The van der Waals surface area contributed by atoms with Crippen LogP contribution in [0.3, 0.4) is 0 Å². The van der Waals surface area contributed by atoms with Crippen LogP contribution < -0.4 is 10.6 Å². The summed E-state index contributed by atoms with van der Waals surface area (Å²) in [5, 5.41) is 7.40. The van der Waals surface area contributed by atoms with Gasteiger partial charge in [0.1, 0.15) is 5.78 Å². The van der Waals surface area contributed by atoms with Crippen LogP contribution in [0.5, 0.6) is 0 Å². The van der Waals surface area contributed by atoms with Crippen molar-refractivity contribution < 1.29 is 14.4 Å². The third kappa shape index (κ3) is 4.05. The van der Waals surface area contributed by atoms with E-state index in [1.807, 2.05) is 48.7 Å². The Morgan fingerprint density at radius 2 is 1.63 bits per heavy atom. The van der Waals surface area contributed by atoms with Crippen molar-refractivity contribution in [2.75, 3.05) is 5.32 Å². The molecule has 196 valence electrons. The van der Waals surface area contributed by atoms with Gasteiger partial charge in [-0.3, -0.25) is 14.4 Å². The lowest BCUT2D eigenvalue weighted by Gasteiger charge is -2.54. The summed E-state index contributed by atoms with van der Waals surface area (Å²) < 4.78 is 0. The Kier molecular flexibility index (Phi) is 5.68. The van der Waals surface area contributed by atoms with Crippen molar-refractivity contribution in [3.05, 3.63) is 54.2 Å². The number of anilines is 1. The number of rotatable bonds is 5. The van der Waals surface area contributed by atoms with Crippen LogP contribution in [0.1, 0.15) is 74.6 Å². The Bertz CT molecular complexity index is 1400. The van der Waals surface area contributed by atoms with Crippen LogP contribution in [0.15, 0.2) is 48.7 Å². The van der Waals surface area contributed by atoms with Crippen molar-refractivity contribution in [3.63, 3.8) is 0 Å². The molecule has 1 heterocycles. The van der Waals surface area contributed by atoms with Gasteiger partial charge in [0.25, 0.3) is 5.91 Å². The van der Waals surface area contributed by atoms with Crippen molar-refractivity contribution in [3.8, 4) is 11.1 Å². The molecule has 2 aromatic carbocycles. The number of hydrogen-bond acceptors (Lipinski definition) is 3. The second-order valence-corrected chi connectivity index (χ2v) is 12.3. The van der Waals surface area contributed by atoms with Gasteiger partial charge in [-0.05, 0) is 86.8 Å². The Morgan fingerprint density at radius 3 is 2.37 bits per heavy atom. The molecule has 4 bridgehead atoms. The van der Waals surface area contributed by atoms with Crippen molar-refractivity contribution in [2.24, 2.45) is 23.2 Å². The third-order valence-corrected chi connectivity index (χ3v) is 9.81. The molecule has 0 saturated heterocycles. The Hall–Kier alpha value is -3.41. The Morgan fingerprint density at radius 1 is 0.895 bits per heavy atom. The average molecular weight is 510 g/mol. The molecule has 2 unspecified atom stereocenters. The molecule has 0 aliphatic heterocycles. The van der Waals surface area contributed by atoms with E-state index in [-0.39, 0.29) is 35.1 Å². The Balaban J connectivity index is 1.08. The van der Waals surface area contributed by atoms with Gasteiger partial charge in [0.05, 0.1) is 5.41 Å². The second-order valence-electron chi connectivity index (χ2n) is 12.3. The number of ketones is 1. The maximum absolute atomic E-state index is 13.4. The minimum atomic E-state index is -0.380. The number of amides is 2. The van der Waals surface area contributed by atoms with Gasteiger partial charge in [-0.2, -0.15) is 0 Å². The first-order chi connectivity index (χ1) is 18.5. The highest BCUT2D eigenvalue weighted by Gasteiger charge is 2.58. The Labute approximate surface area is 223 Å². The van der Waals surface area contributed by atoms with Crippen LogP contribution in [0.25, 0.3) is 22.0 Å². The normalized spacial score (nSPS) is 28.5. The number of aromatic amines is 1. The molecule has 2 amide bonds. The molecule has 1 aromatic heterocycles. The van der Waals surface area contributed by atoms with E-state index in [1.54, 1.807) is 0 Å². The number of nitrogens with one attached hydrogen (secondary N) is 3. The van der Waals surface area contributed by atoms with Crippen LogP contribution in [-0.2, 0) is 9.59 Å². The molecular weight excluding hydrogens is 474 g/mol. The molecule has 5 aliphatic rings. The van der Waals surface area contributed by atoms with E-state index in [4.69, 9.17) is 0 Å². The van der Waals surface area contributed by atoms with Crippen molar-refractivity contribution in [2.45, 2.75) is 70.3 Å². The number of aromatic nitrogens is 1. The van der Waals surface area contributed by atoms with Gasteiger partial charge in [-0.15, -0.1) is 0 Å².